The number of nitrogens with two attached hydrogens (primary N) is 1. The van der Waals surface area contributed by atoms with E-state index < -0.39 is 0 Å². The Labute approximate surface area is 112 Å². The molecule has 0 saturated heterocycles. The molecular formula is C14H18N2O3. The van der Waals surface area contributed by atoms with Gasteiger partial charge >= 0.3 is 0 Å². The SMILES string of the molecule is COc1ccc(-c2oc(N)nc2C(C)C)c(OC)c1. The lowest BCUT2D eigenvalue weighted by molar-refractivity contribution is 0.394. The number of methoxy groups -OCH3 is 2. The van der Waals surface area contributed by atoms with Gasteiger partial charge in [0.05, 0.1) is 25.5 Å². The standard InChI is InChI=1S/C14H18N2O3/c1-8(2)12-13(19-14(15)16-12)10-6-5-9(17-3)7-11(10)18-4/h5-8H,1-4H3,(H2,15,16). The van der Waals surface area contributed by atoms with E-state index in [1.807, 2.05) is 26.0 Å². The number of nitrogen functional groups attached to an aromatic ring is 1. The average Bonchev–Trinajstić information content (AvgIpc) is 2.80. The van der Waals surface area contributed by atoms with Crippen molar-refractivity contribution in [3.05, 3.63) is 23.9 Å². The molecule has 0 fully saturated rings. The molecule has 102 valence electrons. The lowest BCUT2D eigenvalue weighted by Gasteiger charge is -2.10. The second-order valence-electron chi connectivity index (χ2n) is 4.49. The fourth-order valence-corrected chi connectivity index (χ4v) is 1.92. The van der Waals surface area contributed by atoms with Gasteiger partial charge in [-0.05, 0) is 18.1 Å². The number of hydrogen-bond donors (Lipinski definition) is 1. The molecule has 2 N–H and O–H groups in total. The van der Waals surface area contributed by atoms with Crippen LogP contribution in [0.1, 0.15) is 25.5 Å². The van der Waals surface area contributed by atoms with Crippen LogP contribution in [-0.4, -0.2) is 19.2 Å². The van der Waals surface area contributed by atoms with E-state index >= 15 is 0 Å². The number of nitrogens with zero attached hydrogens (tertiary/aromatic N) is 1. The summed E-state index contributed by atoms with van der Waals surface area (Å²) >= 11 is 0. The summed E-state index contributed by atoms with van der Waals surface area (Å²) in [6.45, 7) is 4.08. The topological polar surface area (TPSA) is 70.5 Å². The minimum atomic E-state index is 0.163. The summed E-state index contributed by atoms with van der Waals surface area (Å²) in [7, 11) is 3.22. The first kappa shape index (κ1) is 13.3. The van der Waals surface area contributed by atoms with Crippen LogP contribution in [0.2, 0.25) is 0 Å². The smallest absolute Gasteiger partial charge is 0.292 e. The monoisotopic (exact) mass is 262 g/mol. The number of ether oxygens (including phenoxy) is 2. The van der Waals surface area contributed by atoms with E-state index in [-0.39, 0.29) is 11.9 Å². The minimum Gasteiger partial charge on any atom is -0.497 e. The van der Waals surface area contributed by atoms with Crippen LogP contribution in [0.3, 0.4) is 0 Å². The Kier molecular flexibility index (Phi) is 3.64. The van der Waals surface area contributed by atoms with Crippen molar-refractivity contribution in [2.24, 2.45) is 0 Å². The summed E-state index contributed by atoms with van der Waals surface area (Å²) in [6.07, 6.45) is 0. The van der Waals surface area contributed by atoms with E-state index in [2.05, 4.69) is 4.98 Å². The maximum absolute atomic E-state index is 5.66. The largest absolute Gasteiger partial charge is 0.497 e. The van der Waals surface area contributed by atoms with Gasteiger partial charge in [-0.25, -0.2) is 0 Å². The lowest BCUT2D eigenvalue weighted by atomic mass is 10.0. The van der Waals surface area contributed by atoms with Gasteiger partial charge in [0.25, 0.3) is 6.01 Å². The molecule has 1 aromatic heterocycles. The molecule has 2 aromatic rings. The molecule has 0 aliphatic carbocycles. The van der Waals surface area contributed by atoms with Crippen molar-refractivity contribution in [1.29, 1.82) is 0 Å². The van der Waals surface area contributed by atoms with Crippen molar-refractivity contribution < 1.29 is 13.9 Å². The normalized spacial score (nSPS) is 10.8. The Morgan fingerprint density at radius 2 is 1.95 bits per heavy atom. The Hall–Kier alpha value is -2.17. The molecule has 1 aromatic carbocycles. The van der Waals surface area contributed by atoms with Crippen molar-refractivity contribution in [2.45, 2.75) is 19.8 Å². The van der Waals surface area contributed by atoms with Crippen molar-refractivity contribution in [1.82, 2.24) is 4.98 Å². The Bertz CT molecular complexity index is 576. The first-order valence-electron chi connectivity index (χ1n) is 6.05. The highest BCUT2D eigenvalue weighted by molar-refractivity contribution is 5.70. The average molecular weight is 262 g/mol. The van der Waals surface area contributed by atoms with Crippen LogP contribution in [0.15, 0.2) is 22.6 Å². The lowest BCUT2D eigenvalue weighted by Crippen LogP contribution is -1.94. The van der Waals surface area contributed by atoms with Crippen molar-refractivity contribution in [2.75, 3.05) is 20.0 Å². The van der Waals surface area contributed by atoms with Crippen molar-refractivity contribution >= 4 is 6.01 Å². The van der Waals surface area contributed by atoms with Crippen LogP contribution in [0.25, 0.3) is 11.3 Å². The van der Waals surface area contributed by atoms with Gasteiger partial charge in [0, 0.05) is 6.07 Å². The number of benzene rings is 1. The molecule has 0 bridgehead atoms. The summed E-state index contributed by atoms with van der Waals surface area (Å²) in [6, 6.07) is 5.69. The highest BCUT2D eigenvalue weighted by atomic mass is 16.5. The predicted octanol–water partition coefficient (Wildman–Crippen LogP) is 3.06. The van der Waals surface area contributed by atoms with Gasteiger partial charge in [0.1, 0.15) is 11.5 Å². The fourth-order valence-electron chi connectivity index (χ4n) is 1.92. The van der Waals surface area contributed by atoms with E-state index in [4.69, 9.17) is 19.6 Å². The van der Waals surface area contributed by atoms with E-state index in [1.54, 1.807) is 20.3 Å². The molecule has 1 heterocycles. The molecule has 0 saturated carbocycles. The van der Waals surface area contributed by atoms with Crippen LogP contribution in [0.4, 0.5) is 6.01 Å². The van der Waals surface area contributed by atoms with E-state index in [0.29, 0.717) is 11.5 Å². The molecular weight excluding hydrogens is 244 g/mol. The highest BCUT2D eigenvalue weighted by Gasteiger charge is 2.20. The number of aromatic nitrogens is 1. The third-order valence-corrected chi connectivity index (χ3v) is 2.87. The van der Waals surface area contributed by atoms with Gasteiger partial charge in [-0.1, -0.05) is 13.8 Å². The van der Waals surface area contributed by atoms with Crippen LogP contribution >= 0.6 is 0 Å². The zero-order valence-electron chi connectivity index (χ0n) is 11.6. The summed E-state index contributed by atoms with van der Waals surface area (Å²) in [4.78, 5) is 4.23. The van der Waals surface area contributed by atoms with Crippen LogP contribution in [-0.2, 0) is 0 Å². The van der Waals surface area contributed by atoms with Gasteiger partial charge in [0.2, 0.25) is 0 Å². The quantitative estimate of drug-likeness (QED) is 0.916. The second-order valence-corrected chi connectivity index (χ2v) is 4.49. The molecule has 0 radical (unpaired) electrons. The van der Waals surface area contributed by atoms with E-state index in [0.717, 1.165) is 17.0 Å². The van der Waals surface area contributed by atoms with E-state index in [1.165, 1.54) is 0 Å². The van der Waals surface area contributed by atoms with Gasteiger partial charge in [0.15, 0.2) is 5.76 Å². The summed E-state index contributed by atoms with van der Waals surface area (Å²) in [5.74, 6) is 2.24. The third kappa shape index (κ3) is 2.50. The molecule has 0 aliphatic rings. The summed E-state index contributed by atoms with van der Waals surface area (Å²) < 4.78 is 16.1. The summed E-state index contributed by atoms with van der Waals surface area (Å²) in [5, 5.41) is 0. The van der Waals surface area contributed by atoms with Gasteiger partial charge < -0.3 is 19.6 Å². The molecule has 0 atom stereocenters. The Morgan fingerprint density at radius 3 is 2.53 bits per heavy atom. The van der Waals surface area contributed by atoms with Gasteiger partial charge in [-0.2, -0.15) is 4.98 Å². The van der Waals surface area contributed by atoms with Crippen LogP contribution < -0.4 is 15.2 Å². The first-order chi connectivity index (χ1) is 9.06. The van der Waals surface area contributed by atoms with Gasteiger partial charge in [-0.3, -0.25) is 0 Å². The molecule has 5 nitrogen and oxygen atoms in total. The van der Waals surface area contributed by atoms with E-state index in [9.17, 15) is 0 Å². The molecule has 0 aliphatic heterocycles. The number of hydrogen-bond acceptors (Lipinski definition) is 5. The van der Waals surface area contributed by atoms with Gasteiger partial charge in [-0.15, -0.1) is 0 Å². The zero-order valence-corrected chi connectivity index (χ0v) is 11.6. The summed E-state index contributed by atoms with van der Waals surface area (Å²) in [5.41, 5.74) is 7.30. The Morgan fingerprint density at radius 1 is 1.21 bits per heavy atom. The number of oxazole rings is 1. The molecule has 2 rings (SSSR count). The molecule has 0 unspecified atom stereocenters. The molecule has 0 spiro atoms. The first-order valence-corrected chi connectivity index (χ1v) is 6.05. The maximum Gasteiger partial charge on any atom is 0.292 e. The Balaban J connectivity index is 2.58. The molecule has 5 heteroatoms. The third-order valence-electron chi connectivity index (χ3n) is 2.87. The highest BCUT2D eigenvalue weighted by Crippen LogP contribution is 2.38. The van der Waals surface area contributed by atoms with Crippen molar-refractivity contribution in [3.63, 3.8) is 0 Å². The minimum absolute atomic E-state index is 0.163. The second kappa shape index (κ2) is 5.22. The predicted molar refractivity (Wildman–Crippen MR) is 73.5 cm³/mol. The molecule has 0 amide bonds. The molecule has 19 heavy (non-hydrogen) atoms. The van der Waals surface area contributed by atoms with Crippen LogP contribution in [0.5, 0.6) is 11.5 Å². The van der Waals surface area contributed by atoms with Crippen LogP contribution in [0, 0.1) is 0 Å². The number of anilines is 1. The maximum atomic E-state index is 5.66. The zero-order chi connectivity index (χ0) is 14.0. The number of rotatable bonds is 4. The fraction of sp³-hybridized carbons (Fsp3) is 0.357. The van der Waals surface area contributed by atoms with Crippen molar-refractivity contribution in [3.8, 4) is 22.8 Å².